The maximum Gasteiger partial charge on any atom is 0.257 e. The number of aromatic nitrogens is 3. The van der Waals surface area contributed by atoms with Crippen LogP contribution in [0.3, 0.4) is 0 Å². The lowest BCUT2D eigenvalue weighted by molar-refractivity contribution is -0.119. The predicted octanol–water partition coefficient (Wildman–Crippen LogP) is 1.60. The summed E-state index contributed by atoms with van der Waals surface area (Å²) in [4.78, 5) is 30.1. The minimum atomic E-state index is -0.544. The molecule has 142 valence electrons. The van der Waals surface area contributed by atoms with Crippen molar-refractivity contribution in [1.82, 2.24) is 25.2 Å². The summed E-state index contributed by atoms with van der Waals surface area (Å²) in [6.07, 6.45) is 1.09. The molecule has 0 fully saturated rings. The Kier molecular flexibility index (Phi) is 4.52. The molecular weight excluding hydrogens is 356 g/mol. The first-order valence-electron chi connectivity index (χ1n) is 8.91. The van der Waals surface area contributed by atoms with Crippen LogP contribution >= 0.6 is 0 Å². The predicted molar refractivity (Wildman–Crippen MR) is 104 cm³/mol. The Bertz CT molecular complexity index is 1020. The molecule has 28 heavy (non-hydrogen) atoms. The Morgan fingerprint density at radius 3 is 2.57 bits per heavy atom. The molecule has 1 aliphatic heterocycles. The summed E-state index contributed by atoms with van der Waals surface area (Å²) in [5, 5.41) is 11.6. The van der Waals surface area contributed by atoms with Crippen LogP contribution in [-0.2, 0) is 4.79 Å². The summed E-state index contributed by atoms with van der Waals surface area (Å²) < 4.78 is 0. The van der Waals surface area contributed by atoms with Crippen LogP contribution < -0.4 is 10.2 Å². The fourth-order valence-corrected chi connectivity index (χ4v) is 3.39. The topological polar surface area (TPSA) is 83.4 Å². The van der Waals surface area contributed by atoms with Gasteiger partial charge in [-0.3, -0.25) is 9.59 Å². The molecule has 1 aromatic heterocycles. The molecule has 4 rings (SSSR count). The zero-order valence-electron chi connectivity index (χ0n) is 15.6. The zero-order chi connectivity index (χ0) is 19.7. The molecule has 0 aliphatic carbocycles. The minimum absolute atomic E-state index is 0.0913. The van der Waals surface area contributed by atoms with Crippen molar-refractivity contribution in [2.24, 2.45) is 0 Å². The second-order valence-corrected chi connectivity index (χ2v) is 6.50. The molecule has 8 nitrogen and oxygen atoms in total. The number of para-hydroxylation sites is 2. The molecule has 3 aromatic rings. The van der Waals surface area contributed by atoms with Gasteiger partial charge in [0.05, 0.1) is 29.7 Å². The van der Waals surface area contributed by atoms with E-state index in [2.05, 4.69) is 15.5 Å². The van der Waals surface area contributed by atoms with E-state index in [1.54, 1.807) is 31.3 Å². The van der Waals surface area contributed by atoms with Crippen LogP contribution in [-0.4, -0.2) is 52.3 Å². The minimum Gasteiger partial charge on any atom is -0.358 e. The Labute approximate surface area is 162 Å². The monoisotopic (exact) mass is 376 g/mol. The summed E-state index contributed by atoms with van der Waals surface area (Å²) >= 11 is 0. The largest absolute Gasteiger partial charge is 0.358 e. The van der Waals surface area contributed by atoms with Gasteiger partial charge in [-0.1, -0.05) is 30.3 Å². The van der Waals surface area contributed by atoms with Gasteiger partial charge in [-0.25, -0.2) is 0 Å². The summed E-state index contributed by atoms with van der Waals surface area (Å²) in [5.41, 5.74) is 2.66. The van der Waals surface area contributed by atoms with E-state index in [1.165, 1.54) is 4.80 Å². The molecule has 0 radical (unpaired) electrons. The number of benzene rings is 2. The average Bonchev–Trinajstić information content (AvgIpc) is 3.22. The molecule has 8 heteroatoms. The van der Waals surface area contributed by atoms with E-state index < -0.39 is 6.17 Å². The van der Waals surface area contributed by atoms with Gasteiger partial charge in [0, 0.05) is 14.1 Å². The van der Waals surface area contributed by atoms with E-state index in [1.807, 2.05) is 53.4 Å². The van der Waals surface area contributed by atoms with Crippen LogP contribution in [0.4, 0.5) is 5.69 Å². The fraction of sp³-hybridized carbons (Fsp3) is 0.200. The van der Waals surface area contributed by atoms with Crippen LogP contribution in [0.2, 0.25) is 0 Å². The number of amides is 2. The first-order valence-corrected chi connectivity index (χ1v) is 8.91. The van der Waals surface area contributed by atoms with Crippen LogP contribution in [0.15, 0.2) is 60.8 Å². The molecule has 0 saturated carbocycles. The highest BCUT2D eigenvalue weighted by molar-refractivity contribution is 6.02. The molecule has 0 unspecified atom stereocenters. The second-order valence-electron chi connectivity index (χ2n) is 6.50. The number of rotatable bonds is 4. The quantitative estimate of drug-likeness (QED) is 0.748. The normalized spacial score (nSPS) is 16.1. The number of fused-ring (bicyclic) bond motifs is 1. The number of hydrogen-bond acceptors (Lipinski definition) is 5. The molecular formula is C20H20N6O2. The van der Waals surface area contributed by atoms with Crippen molar-refractivity contribution in [2.45, 2.75) is 6.17 Å². The maximum atomic E-state index is 12.9. The van der Waals surface area contributed by atoms with Gasteiger partial charge in [0.15, 0.2) is 6.17 Å². The van der Waals surface area contributed by atoms with Crippen molar-refractivity contribution in [3.63, 3.8) is 0 Å². The van der Waals surface area contributed by atoms with Crippen LogP contribution in [0, 0.1) is 0 Å². The van der Waals surface area contributed by atoms with Gasteiger partial charge in [0.2, 0.25) is 5.91 Å². The Morgan fingerprint density at radius 2 is 1.82 bits per heavy atom. The van der Waals surface area contributed by atoms with Gasteiger partial charge < -0.3 is 15.1 Å². The second kappa shape index (κ2) is 7.15. The van der Waals surface area contributed by atoms with E-state index in [-0.39, 0.29) is 18.4 Å². The first-order chi connectivity index (χ1) is 13.6. The van der Waals surface area contributed by atoms with Crippen molar-refractivity contribution in [3.05, 3.63) is 72.1 Å². The van der Waals surface area contributed by atoms with Crippen LogP contribution in [0.25, 0.3) is 5.69 Å². The summed E-state index contributed by atoms with van der Waals surface area (Å²) in [6.45, 7) is 0.0913. The molecule has 0 bridgehead atoms. The first kappa shape index (κ1) is 17.7. The summed E-state index contributed by atoms with van der Waals surface area (Å²) in [6, 6.07) is 16.8. The zero-order valence-corrected chi connectivity index (χ0v) is 15.6. The maximum absolute atomic E-state index is 12.9. The van der Waals surface area contributed by atoms with Crippen molar-refractivity contribution in [1.29, 1.82) is 0 Å². The Hall–Kier alpha value is -3.68. The van der Waals surface area contributed by atoms with Crippen LogP contribution in [0.1, 0.15) is 22.2 Å². The number of carbonyl (C=O) groups excluding carboxylic acids is 2. The number of anilines is 1. The molecule has 2 aromatic carbocycles. The number of carbonyl (C=O) groups is 2. The van der Waals surface area contributed by atoms with Crippen molar-refractivity contribution >= 4 is 17.5 Å². The van der Waals surface area contributed by atoms with Gasteiger partial charge in [-0.05, 0) is 24.3 Å². The highest BCUT2D eigenvalue weighted by Gasteiger charge is 2.38. The van der Waals surface area contributed by atoms with E-state index in [0.29, 0.717) is 16.9 Å². The van der Waals surface area contributed by atoms with E-state index in [4.69, 9.17) is 0 Å². The van der Waals surface area contributed by atoms with E-state index in [9.17, 15) is 9.59 Å². The lowest BCUT2D eigenvalue weighted by Gasteiger charge is -2.42. The highest BCUT2D eigenvalue weighted by atomic mass is 16.2. The standard InChI is InChI=1S/C20H20N6O2/c1-21-18(27)13-25-17-11-7-6-10-15(17)20(28)24(2)19(25)16-12-22-26(23-16)14-8-4-3-5-9-14/h3-12,19H,13H2,1-2H3,(H,21,27)/t19-/m1/s1. The van der Waals surface area contributed by atoms with Gasteiger partial charge in [-0.15, -0.1) is 5.10 Å². The Morgan fingerprint density at radius 1 is 1.11 bits per heavy atom. The van der Waals surface area contributed by atoms with Gasteiger partial charge in [-0.2, -0.15) is 9.90 Å². The van der Waals surface area contributed by atoms with E-state index in [0.717, 1.165) is 5.69 Å². The van der Waals surface area contributed by atoms with Gasteiger partial charge in [0.1, 0.15) is 5.69 Å². The lowest BCUT2D eigenvalue weighted by Crippen LogP contribution is -2.50. The smallest absolute Gasteiger partial charge is 0.257 e. The van der Waals surface area contributed by atoms with Crippen molar-refractivity contribution < 1.29 is 9.59 Å². The highest BCUT2D eigenvalue weighted by Crippen LogP contribution is 2.36. The van der Waals surface area contributed by atoms with Crippen molar-refractivity contribution in [2.75, 3.05) is 25.5 Å². The third-order valence-electron chi connectivity index (χ3n) is 4.78. The molecule has 1 atom stereocenters. The number of likely N-dealkylation sites (N-methyl/N-ethyl adjacent to an activating group) is 1. The van der Waals surface area contributed by atoms with Crippen molar-refractivity contribution in [3.8, 4) is 5.69 Å². The molecule has 1 N–H and O–H groups in total. The number of hydrogen-bond donors (Lipinski definition) is 1. The fourth-order valence-electron chi connectivity index (χ4n) is 3.39. The van der Waals surface area contributed by atoms with E-state index >= 15 is 0 Å². The summed E-state index contributed by atoms with van der Waals surface area (Å²) in [7, 11) is 3.30. The molecule has 0 saturated heterocycles. The molecule has 1 aliphatic rings. The molecule has 2 heterocycles. The van der Waals surface area contributed by atoms with Gasteiger partial charge >= 0.3 is 0 Å². The SMILES string of the molecule is CNC(=O)CN1c2ccccc2C(=O)N(C)[C@H]1c1cnn(-c2ccccc2)n1. The average molecular weight is 376 g/mol. The molecule has 2 amide bonds. The third-order valence-corrected chi connectivity index (χ3v) is 4.78. The Balaban J connectivity index is 1.78. The molecule has 0 spiro atoms. The van der Waals surface area contributed by atoms with Crippen LogP contribution in [0.5, 0.6) is 0 Å². The third kappa shape index (κ3) is 2.98. The van der Waals surface area contributed by atoms with Gasteiger partial charge in [0.25, 0.3) is 5.91 Å². The number of nitrogens with one attached hydrogen (secondary N) is 1. The summed E-state index contributed by atoms with van der Waals surface area (Å²) in [5.74, 6) is -0.277. The lowest BCUT2D eigenvalue weighted by atomic mass is 10.0. The number of nitrogens with zero attached hydrogens (tertiary/aromatic N) is 5.